The Morgan fingerprint density at radius 3 is 3.04 bits per heavy atom. The van der Waals surface area contributed by atoms with Gasteiger partial charge in [-0.05, 0) is 24.6 Å². The molecule has 4 rings (SSSR count). The van der Waals surface area contributed by atoms with Gasteiger partial charge >= 0.3 is 5.97 Å². The van der Waals surface area contributed by atoms with Gasteiger partial charge in [0.15, 0.2) is 10.8 Å². The molecule has 3 heterocycles. The lowest BCUT2D eigenvalue weighted by Crippen LogP contribution is -2.26. The van der Waals surface area contributed by atoms with Gasteiger partial charge in [0, 0.05) is 5.75 Å². The van der Waals surface area contributed by atoms with E-state index in [1.165, 1.54) is 22.5 Å². The van der Waals surface area contributed by atoms with Crippen LogP contribution in [0.2, 0.25) is 0 Å². The molecule has 0 fully saturated rings. The van der Waals surface area contributed by atoms with Crippen molar-refractivity contribution in [3.63, 3.8) is 0 Å². The van der Waals surface area contributed by atoms with Gasteiger partial charge in [-0.15, -0.1) is 0 Å². The molecular formula is C16H14N4O3S. The second-order valence-corrected chi connectivity index (χ2v) is 6.75. The average molecular weight is 342 g/mol. The van der Waals surface area contributed by atoms with Gasteiger partial charge in [0.25, 0.3) is 5.56 Å². The molecule has 0 radical (unpaired) electrons. The summed E-state index contributed by atoms with van der Waals surface area (Å²) in [6, 6.07) is 7.43. The number of carboxylic acids is 1. The van der Waals surface area contributed by atoms with E-state index in [9.17, 15) is 9.59 Å². The third-order valence-electron chi connectivity index (χ3n) is 4.03. The zero-order chi connectivity index (χ0) is 16.8. The first-order valence-corrected chi connectivity index (χ1v) is 8.45. The van der Waals surface area contributed by atoms with Crippen LogP contribution in [0, 0.1) is 6.92 Å². The highest BCUT2D eigenvalue weighted by molar-refractivity contribution is 7.99. The Morgan fingerprint density at radius 2 is 2.29 bits per heavy atom. The Labute approximate surface area is 140 Å². The molecular weight excluding hydrogens is 328 g/mol. The van der Waals surface area contributed by atoms with Crippen molar-refractivity contribution in [2.24, 2.45) is 0 Å². The van der Waals surface area contributed by atoms with Gasteiger partial charge in [0.2, 0.25) is 0 Å². The smallest absolute Gasteiger partial charge is 0.305 e. The number of aryl methyl sites for hydroxylation is 1. The van der Waals surface area contributed by atoms with E-state index in [0.717, 1.165) is 11.3 Å². The molecule has 8 heteroatoms. The van der Waals surface area contributed by atoms with Crippen molar-refractivity contribution >= 4 is 28.8 Å². The van der Waals surface area contributed by atoms with Crippen LogP contribution >= 0.6 is 11.8 Å². The number of hydrogen-bond donors (Lipinski definition) is 1. The van der Waals surface area contributed by atoms with E-state index < -0.39 is 5.97 Å². The van der Waals surface area contributed by atoms with E-state index in [2.05, 4.69) is 10.1 Å². The maximum atomic E-state index is 12.8. The van der Waals surface area contributed by atoms with Gasteiger partial charge in [-0.25, -0.2) is 9.67 Å². The fourth-order valence-electron chi connectivity index (χ4n) is 2.93. The van der Waals surface area contributed by atoms with E-state index in [-0.39, 0.29) is 18.0 Å². The monoisotopic (exact) mass is 342 g/mol. The largest absolute Gasteiger partial charge is 0.481 e. The molecule has 24 heavy (non-hydrogen) atoms. The summed E-state index contributed by atoms with van der Waals surface area (Å²) in [7, 11) is 0. The minimum absolute atomic E-state index is 0.0842. The van der Waals surface area contributed by atoms with Crippen molar-refractivity contribution in [1.29, 1.82) is 0 Å². The molecule has 1 aliphatic heterocycles. The molecule has 1 aliphatic rings. The zero-order valence-corrected chi connectivity index (χ0v) is 13.7. The lowest BCUT2D eigenvalue weighted by molar-refractivity contribution is -0.137. The van der Waals surface area contributed by atoms with Crippen molar-refractivity contribution in [3.05, 3.63) is 46.4 Å². The van der Waals surface area contributed by atoms with Gasteiger partial charge in [-0.3, -0.25) is 14.2 Å². The Balaban J connectivity index is 1.90. The average Bonchev–Trinajstić information content (AvgIpc) is 3.12. The number of carboxylic acid groups (broad SMARTS) is 1. The summed E-state index contributed by atoms with van der Waals surface area (Å²) < 4.78 is 3.14. The molecule has 1 aromatic carbocycles. The predicted octanol–water partition coefficient (Wildman–Crippen LogP) is 2.01. The van der Waals surface area contributed by atoms with E-state index >= 15 is 0 Å². The number of fused-ring (bicyclic) bond motifs is 2. The van der Waals surface area contributed by atoms with Crippen LogP contribution in [0.3, 0.4) is 0 Å². The number of thioether (sulfide) groups is 1. The van der Waals surface area contributed by atoms with Crippen LogP contribution in [0.25, 0.3) is 16.7 Å². The summed E-state index contributed by atoms with van der Waals surface area (Å²) in [4.78, 5) is 28.4. The molecule has 0 saturated heterocycles. The zero-order valence-electron chi connectivity index (χ0n) is 12.8. The standard InChI is InChI=1S/C16H14N4O3S/c1-9-3-2-4-10(5-9)20-14-12(7-17-20)15(23)19-11(6-13(21)22)8-24-16(19)18-14/h2-5,7,11H,6,8H2,1H3,(H,21,22)/t11-/m1/s1. The van der Waals surface area contributed by atoms with Gasteiger partial charge < -0.3 is 5.11 Å². The van der Waals surface area contributed by atoms with E-state index in [1.807, 2.05) is 31.2 Å². The lowest BCUT2D eigenvalue weighted by Gasteiger charge is -2.11. The highest BCUT2D eigenvalue weighted by atomic mass is 32.2. The minimum Gasteiger partial charge on any atom is -0.481 e. The second-order valence-electron chi connectivity index (χ2n) is 5.76. The van der Waals surface area contributed by atoms with Crippen molar-refractivity contribution < 1.29 is 9.90 Å². The van der Waals surface area contributed by atoms with Crippen molar-refractivity contribution in [2.45, 2.75) is 24.5 Å². The third-order valence-corrected chi connectivity index (χ3v) is 5.12. The highest BCUT2D eigenvalue weighted by Crippen LogP contribution is 2.33. The van der Waals surface area contributed by atoms with Crippen LogP contribution in [0.15, 0.2) is 40.4 Å². The maximum absolute atomic E-state index is 12.8. The summed E-state index contributed by atoms with van der Waals surface area (Å²) in [5.41, 5.74) is 2.20. The molecule has 1 N–H and O–H groups in total. The fraction of sp³-hybridized carbons (Fsp3) is 0.250. The SMILES string of the molecule is Cc1cccc(-n2ncc3c(=O)n4c(nc32)SC[C@H]4CC(=O)O)c1. The normalized spacial score (nSPS) is 16.5. The van der Waals surface area contributed by atoms with Gasteiger partial charge in [-0.2, -0.15) is 5.10 Å². The summed E-state index contributed by atoms with van der Waals surface area (Å²) in [6.07, 6.45) is 1.42. The summed E-state index contributed by atoms with van der Waals surface area (Å²) in [5.74, 6) is -0.380. The molecule has 0 amide bonds. The van der Waals surface area contributed by atoms with Gasteiger partial charge in [0.1, 0.15) is 5.39 Å². The van der Waals surface area contributed by atoms with Crippen LogP contribution in [0.1, 0.15) is 18.0 Å². The number of carbonyl (C=O) groups is 1. The lowest BCUT2D eigenvalue weighted by atomic mass is 10.2. The molecule has 3 aromatic rings. The molecule has 7 nitrogen and oxygen atoms in total. The molecule has 0 bridgehead atoms. The number of hydrogen-bond acceptors (Lipinski definition) is 5. The topological polar surface area (TPSA) is 90.0 Å². The molecule has 0 saturated carbocycles. The first-order valence-electron chi connectivity index (χ1n) is 7.46. The molecule has 0 unspecified atom stereocenters. The second kappa shape index (κ2) is 5.48. The summed E-state index contributed by atoms with van der Waals surface area (Å²) in [6.45, 7) is 1.99. The molecule has 0 spiro atoms. The van der Waals surface area contributed by atoms with E-state index in [4.69, 9.17) is 5.11 Å². The number of aromatic nitrogens is 4. The molecule has 122 valence electrons. The van der Waals surface area contributed by atoms with Crippen LogP contribution in [-0.4, -0.2) is 36.2 Å². The fourth-order valence-corrected chi connectivity index (χ4v) is 4.06. The number of rotatable bonds is 3. The number of aliphatic carboxylic acids is 1. The van der Waals surface area contributed by atoms with Gasteiger partial charge in [0.05, 0.1) is 24.3 Å². The molecule has 0 aliphatic carbocycles. The first-order chi connectivity index (χ1) is 11.5. The highest BCUT2D eigenvalue weighted by Gasteiger charge is 2.29. The molecule has 2 aromatic heterocycles. The summed E-state index contributed by atoms with van der Waals surface area (Å²) >= 11 is 1.40. The third kappa shape index (κ3) is 2.30. The van der Waals surface area contributed by atoms with E-state index in [1.54, 1.807) is 4.68 Å². The van der Waals surface area contributed by atoms with Gasteiger partial charge in [-0.1, -0.05) is 23.9 Å². The predicted molar refractivity (Wildman–Crippen MR) is 89.9 cm³/mol. The van der Waals surface area contributed by atoms with E-state index in [0.29, 0.717) is 21.9 Å². The Bertz CT molecular complexity index is 1020. The first kappa shape index (κ1) is 14.9. The quantitative estimate of drug-likeness (QED) is 0.732. The maximum Gasteiger partial charge on any atom is 0.305 e. The van der Waals surface area contributed by atoms with Crippen LogP contribution < -0.4 is 5.56 Å². The summed E-state index contributed by atoms with van der Waals surface area (Å²) in [5, 5.41) is 14.3. The Hall–Kier alpha value is -2.61. The van der Waals surface area contributed by atoms with Crippen LogP contribution in [0.4, 0.5) is 0 Å². The number of nitrogens with zero attached hydrogens (tertiary/aromatic N) is 4. The van der Waals surface area contributed by atoms with Crippen LogP contribution in [0.5, 0.6) is 0 Å². The molecule has 1 atom stereocenters. The minimum atomic E-state index is -0.920. The number of benzene rings is 1. The van der Waals surface area contributed by atoms with Crippen LogP contribution in [-0.2, 0) is 4.79 Å². The van der Waals surface area contributed by atoms with Crippen molar-refractivity contribution in [1.82, 2.24) is 19.3 Å². The van der Waals surface area contributed by atoms with Crippen molar-refractivity contribution in [3.8, 4) is 5.69 Å². The Kier molecular flexibility index (Phi) is 3.42. The Morgan fingerprint density at radius 1 is 1.46 bits per heavy atom. The van der Waals surface area contributed by atoms with Crippen molar-refractivity contribution in [2.75, 3.05) is 5.75 Å².